The third kappa shape index (κ3) is 5.62. The van der Waals surface area contributed by atoms with Crippen molar-refractivity contribution in [2.75, 3.05) is 13.2 Å². The standard InChI is InChI=1S/C22H28N3O9PS/c1-13(2)32-20(28)14(3)24-35(36,34-15-7-5-4-6-8-15)31-12-22-11-30-17(18(22)27)19(33-22)25-10-9-16(26)23-21(25)29/h4-10,13-14,17-19,27H,11-12H2,1-3H3,(H,24,36)(H,23,26,29)/t14-,17-,18+,19-,22-,35?/m1/s1. The van der Waals surface area contributed by atoms with Crippen LogP contribution in [0.15, 0.2) is 52.2 Å². The van der Waals surface area contributed by atoms with Gasteiger partial charge in [0.1, 0.15) is 29.6 Å². The molecule has 2 bridgehead atoms. The molecule has 1 unspecified atom stereocenters. The molecule has 12 nitrogen and oxygen atoms in total. The minimum absolute atomic E-state index is 0.0287. The minimum atomic E-state index is -3.40. The first kappa shape index (κ1) is 26.7. The number of carbonyl (C=O) groups excluding carboxylic acids is 1. The maximum Gasteiger partial charge on any atom is 0.330 e. The minimum Gasteiger partial charge on any atom is -0.462 e. The predicted octanol–water partition coefficient (Wildman–Crippen LogP) is 0.814. The van der Waals surface area contributed by atoms with Gasteiger partial charge >= 0.3 is 18.3 Å². The molecule has 2 aromatic rings. The molecule has 2 aliphatic rings. The fourth-order valence-corrected chi connectivity index (χ4v) is 6.33. The first-order chi connectivity index (χ1) is 17.0. The van der Waals surface area contributed by atoms with Crippen LogP contribution in [0, 0.1) is 0 Å². The topological polar surface area (TPSA) is 150 Å². The van der Waals surface area contributed by atoms with Gasteiger partial charge in [0.05, 0.1) is 19.3 Å². The van der Waals surface area contributed by atoms with Crippen molar-refractivity contribution in [1.82, 2.24) is 14.6 Å². The lowest BCUT2D eigenvalue weighted by molar-refractivity contribution is -0.184. The number of aromatic nitrogens is 2. The summed E-state index contributed by atoms with van der Waals surface area (Å²) >= 11 is 5.71. The number of aromatic amines is 1. The molecule has 4 rings (SSSR count). The number of benzene rings is 1. The van der Waals surface area contributed by atoms with Gasteiger partial charge in [0, 0.05) is 12.3 Å². The van der Waals surface area contributed by atoms with Crippen LogP contribution < -0.4 is 20.9 Å². The van der Waals surface area contributed by atoms with Gasteiger partial charge in [0.25, 0.3) is 5.56 Å². The summed E-state index contributed by atoms with van der Waals surface area (Å²) in [6.45, 7) is 1.36. The molecule has 0 amide bonds. The van der Waals surface area contributed by atoms with Crippen LogP contribution in [0.25, 0.3) is 0 Å². The van der Waals surface area contributed by atoms with Gasteiger partial charge in [0.2, 0.25) is 0 Å². The maximum atomic E-state index is 12.4. The smallest absolute Gasteiger partial charge is 0.330 e. The van der Waals surface area contributed by atoms with Gasteiger partial charge in [-0.15, -0.1) is 0 Å². The molecule has 2 aliphatic heterocycles. The monoisotopic (exact) mass is 541 g/mol. The molecule has 36 heavy (non-hydrogen) atoms. The van der Waals surface area contributed by atoms with Crippen molar-refractivity contribution in [3.63, 3.8) is 0 Å². The molecular weight excluding hydrogens is 513 g/mol. The van der Waals surface area contributed by atoms with Crippen molar-refractivity contribution in [1.29, 1.82) is 0 Å². The van der Waals surface area contributed by atoms with Gasteiger partial charge in [-0.05, 0) is 44.7 Å². The Balaban J connectivity index is 1.54. The largest absolute Gasteiger partial charge is 0.462 e. The van der Waals surface area contributed by atoms with Gasteiger partial charge in [0.15, 0.2) is 6.23 Å². The van der Waals surface area contributed by atoms with E-state index in [1.54, 1.807) is 45.0 Å². The molecule has 3 heterocycles. The van der Waals surface area contributed by atoms with E-state index in [-0.39, 0.29) is 19.3 Å². The highest BCUT2D eigenvalue weighted by Gasteiger charge is 2.62. The number of aliphatic hydroxyl groups excluding tert-OH is 1. The number of esters is 1. The second kappa shape index (κ2) is 10.5. The zero-order valence-electron chi connectivity index (χ0n) is 19.9. The third-order valence-corrected chi connectivity index (χ3v) is 8.12. The summed E-state index contributed by atoms with van der Waals surface area (Å²) in [6, 6.07) is 9.02. The van der Waals surface area contributed by atoms with E-state index in [9.17, 15) is 19.5 Å². The molecule has 0 spiro atoms. The van der Waals surface area contributed by atoms with Crippen LogP contribution in [0.5, 0.6) is 5.75 Å². The number of fused-ring (bicyclic) bond motifs is 2. The van der Waals surface area contributed by atoms with Gasteiger partial charge < -0.3 is 28.4 Å². The molecule has 14 heteroatoms. The van der Waals surface area contributed by atoms with Crippen molar-refractivity contribution in [3.05, 3.63) is 63.4 Å². The quantitative estimate of drug-likeness (QED) is 0.290. The van der Waals surface area contributed by atoms with E-state index >= 15 is 0 Å². The van der Waals surface area contributed by atoms with Gasteiger partial charge in [-0.1, -0.05) is 18.2 Å². The van der Waals surface area contributed by atoms with E-state index in [1.165, 1.54) is 12.3 Å². The summed E-state index contributed by atoms with van der Waals surface area (Å²) < 4.78 is 30.2. The van der Waals surface area contributed by atoms with Gasteiger partial charge in [-0.3, -0.25) is 19.1 Å². The Hall–Kier alpha value is -2.38. The average molecular weight is 542 g/mol. The normalized spacial score (nSPS) is 27.5. The van der Waals surface area contributed by atoms with Crippen LogP contribution in [0.3, 0.4) is 0 Å². The van der Waals surface area contributed by atoms with Crippen molar-refractivity contribution >= 4 is 24.4 Å². The van der Waals surface area contributed by atoms with Crippen molar-refractivity contribution < 1.29 is 33.2 Å². The second-order valence-electron chi connectivity index (χ2n) is 8.82. The molecular formula is C22H28N3O9PS. The molecule has 1 aromatic heterocycles. The zero-order chi connectivity index (χ0) is 26.1. The highest BCUT2D eigenvalue weighted by Crippen LogP contribution is 2.50. The number of hydrogen-bond donors (Lipinski definition) is 3. The molecule has 1 aromatic carbocycles. The number of nitrogens with one attached hydrogen (secondary N) is 2. The van der Waals surface area contributed by atoms with Crippen molar-refractivity contribution in [2.45, 2.75) is 57.0 Å². The molecule has 3 N–H and O–H groups in total. The van der Waals surface area contributed by atoms with E-state index in [1.807, 2.05) is 6.07 Å². The summed E-state index contributed by atoms with van der Waals surface area (Å²) in [7, 11) is 0. The number of carbonyl (C=O) groups is 1. The van der Waals surface area contributed by atoms with Crippen LogP contribution in [-0.2, 0) is 35.3 Å². The Kier molecular flexibility index (Phi) is 7.81. The lowest BCUT2D eigenvalue weighted by Gasteiger charge is -2.33. The number of hydrogen-bond acceptors (Lipinski definition) is 10. The Bertz CT molecular complexity index is 1250. The highest BCUT2D eigenvalue weighted by atomic mass is 32.5. The first-order valence-corrected chi connectivity index (χ1v) is 13.9. The third-order valence-electron chi connectivity index (χ3n) is 5.64. The number of para-hydroxylation sites is 1. The van der Waals surface area contributed by atoms with Gasteiger partial charge in [-0.25, -0.2) is 9.88 Å². The summed E-state index contributed by atoms with van der Waals surface area (Å²) in [5.41, 5.74) is -2.63. The van der Waals surface area contributed by atoms with Crippen LogP contribution in [0.4, 0.5) is 0 Å². The van der Waals surface area contributed by atoms with E-state index in [4.69, 9.17) is 35.1 Å². The summed E-state index contributed by atoms with van der Waals surface area (Å²) in [5.74, 6) is -0.113. The van der Waals surface area contributed by atoms with Crippen molar-refractivity contribution in [3.8, 4) is 5.75 Å². The molecule has 2 saturated heterocycles. The van der Waals surface area contributed by atoms with E-state index in [2.05, 4.69) is 10.1 Å². The van der Waals surface area contributed by atoms with Crippen molar-refractivity contribution in [2.24, 2.45) is 0 Å². The number of aliphatic hydroxyl groups is 1. The lowest BCUT2D eigenvalue weighted by atomic mass is 10.0. The van der Waals surface area contributed by atoms with Crippen LogP contribution in [-0.4, -0.2) is 63.8 Å². The highest BCUT2D eigenvalue weighted by molar-refractivity contribution is 8.09. The van der Waals surface area contributed by atoms with Crippen LogP contribution in [0.2, 0.25) is 0 Å². The SMILES string of the molecule is CC(C)OC(=O)[C@@H](C)NP(=S)(OC[C@@]12CO[C@@H]([C@H](n3ccc(=O)[nH]c3=O)O1)[C@@H]2O)Oc1ccccc1. The number of nitrogens with zero attached hydrogens (tertiary/aromatic N) is 1. The maximum absolute atomic E-state index is 12.4. The molecule has 0 radical (unpaired) electrons. The fraction of sp³-hybridized carbons (Fsp3) is 0.500. The Morgan fingerprint density at radius 3 is 2.69 bits per heavy atom. The molecule has 0 aliphatic carbocycles. The average Bonchev–Trinajstić information content (AvgIpc) is 3.27. The summed E-state index contributed by atoms with van der Waals surface area (Å²) in [6.07, 6.45) is -2.09. The fourth-order valence-electron chi connectivity index (χ4n) is 3.90. The number of H-pyrrole nitrogens is 1. The second-order valence-corrected chi connectivity index (χ2v) is 12.0. The Labute approximate surface area is 211 Å². The zero-order valence-corrected chi connectivity index (χ0v) is 21.6. The molecule has 0 saturated carbocycles. The van der Waals surface area contributed by atoms with Gasteiger partial charge in [-0.2, -0.15) is 0 Å². The first-order valence-electron chi connectivity index (χ1n) is 11.3. The molecule has 2 fully saturated rings. The Morgan fingerprint density at radius 2 is 2.03 bits per heavy atom. The molecule has 196 valence electrons. The van der Waals surface area contributed by atoms with Crippen LogP contribution >= 0.6 is 6.64 Å². The predicted molar refractivity (Wildman–Crippen MR) is 131 cm³/mol. The van der Waals surface area contributed by atoms with E-state index in [0.29, 0.717) is 5.75 Å². The summed E-state index contributed by atoms with van der Waals surface area (Å²) in [4.78, 5) is 38.3. The Morgan fingerprint density at radius 1 is 1.31 bits per heavy atom. The van der Waals surface area contributed by atoms with E-state index < -0.39 is 53.9 Å². The summed E-state index contributed by atoms with van der Waals surface area (Å²) in [5, 5.41) is 13.9. The lowest BCUT2D eigenvalue weighted by Crippen LogP contribution is -2.46. The molecule has 6 atom stereocenters. The van der Waals surface area contributed by atoms with E-state index in [0.717, 1.165) is 4.57 Å². The number of rotatable bonds is 10. The number of ether oxygens (including phenoxy) is 3. The van der Waals surface area contributed by atoms with Crippen LogP contribution in [0.1, 0.15) is 27.0 Å².